The summed E-state index contributed by atoms with van der Waals surface area (Å²) < 4.78 is 2.81. The number of nitrogens with one attached hydrogen (secondary N) is 1. The van der Waals surface area contributed by atoms with Crippen LogP contribution in [0.5, 0.6) is 0 Å². The predicted octanol–water partition coefficient (Wildman–Crippen LogP) is 2.19. The number of halogens is 1. The number of nitrogens with zero attached hydrogens (tertiary/aromatic N) is 4. The van der Waals surface area contributed by atoms with E-state index in [1.54, 1.807) is 20.2 Å². The molecule has 0 radical (unpaired) electrons. The first-order valence-corrected chi connectivity index (χ1v) is 9.96. The minimum atomic E-state index is -0.258. The highest BCUT2D eigenvalue weighted by molar-refractivity contribution is 5.85. The van der Waals surface area contributed by atoms with Crippen LogP contribution in [0.25, 0.3) is 10.9 Å². The lowest BCUT2D eigenvalue weighted by molar-refractivity contribution is 0.304. The molecule has 1 atom stereocenters. The maximum Gasteiger partial charge on any atom is 0.330 e. The van der Waals surface area contributed by atoms with E-state index < -0.39 is 0 Å². The number of aromatic amines is 1. The van der Waals surface area contributed by atoms with Gasteiger partial charge in [-0.25, -0.2) is 4.79 Å². The molecule has 1 fully saturated rings. The molecule has 7 nitrogen and oxygen atoms in total. The van der Waals surface area contributed by atoms with E-state index >= 15 is 0 Å². The van der Waals surface area contributed by atoms with E-state index in [2.05, 4.69) is 16.0 Å². The van der Waals surface area contributed by atoms with E-state index in [1.165, 1.54) is 20.1 Å². The Morgan fingerprint density at radius 2 is 2.07 bits per heavy atom. The molecule has 3 heterocycles. The number of rotatable bonds is 5. The van der Waals surface area contributed by atoms with Gasteiger partial charge in [0.15, 0.2) is 0 Å². The van der Waals surface area contributed by atoms with Crippen molar-refractivity contribution in [2.24, 2.45) is 13.0 Å². The van der Waals surface area contributed by atoms with Crippen LogP contribution in [0, 0.1) is 24.2 Å². The maximum absolute atomic E-state index is 12.3. The molecule has 0 aliphatic carbocycles. The molecule has 2 aromatic heterocycles. The third-order valence-electron chi connectivity index (χ3n) is 5.92. The first-order chi connectivity index (χ1) is 14.0. The topological polar surface area (TPSA) is 86.8 Å². The highest BCUT2D eigenvalue weighted by Gasteiger charge is 2.23. The molecular formula is C22H26ClN5O2. The lowest BCUT2D eigenvalue weighted by atomic mass is 9.98. The van der Waals surface area contributed by atoms with Crippen molar-refractivity contribution in [3.8, 4) is 6.07 Å². The molecule has 1 aliphatic heterocycles. The predicted molar refractivity (Wildman–Crippen MR) is 119 cm³/mol. The fourth-order valence-electron chi connectivity index (χ4n) is 4.35. The second-order valence-electron chi connectivity index (χ2n) is 8.01. The van der Waals surface area contributed by atoms with Crippen molar-refractivity contribution in [1.82, 2.24) is 19.0 Å². The van der Waals surface area contributed by atoms with Crippen LogP contribution < -0.4 is 11.2 Å². The van der Waals surface area contributed by atoms with Crippen LogP contribution in [0.15, 0.2) is 40.2 Å². The molecule has 3 aromatic rings. The molecule has 0 spiro atoms. The Morgan fingerprint density at radius 1 is 1.27 bits per heavy atom. The highest BCUT2D eigenvalue weighted by atomic mass is 35.5. The Hall–Kier alpha value is -2.82. The zero-order chi connectivity index (χ0) is 20.5. The summed E-state index contributed by atoms with van der Waals surface area (Å²) in [6.07, 6.45) is 5.72. The van der Waals surface area contributed by atoms with Gasteiger partial charge in [-0.15, -0.1) is 12.4 Å². The van der Waals surface area contributed by atoms with Gasteiger partial charge in [0.05, 0.1) is 11.6 Å². The molecule has 158 valence electrons. The van der Waals surface area contributed by atoms with E-state index in [1.807, 2.05) is 24.4 Å². The first-order valence-electron chi connectivity index (χ1n) is 9.96. The molecule has 1 N–H and O–H groups in total. The van der Waals surface area contributed by atoms with Gasteiger partial charge < -0.3 is 14.5 Å². The standard InChI is InChI=1S/C22H25N5O2.ClH/c1-15-13-25(2)22(29)27(21(15)28)8-7-26-6-5-17(14-26)9-18-12-24-20-10-16(11-23)3-4-19(18)20;/h3-4,10,12-13,17,24H,5-9,14H2,1-2H3;1H. The first kappa shape index (κ1) is 21.9. The maximum atomic E-state index is 12.3. The van der Waals surface area contributed by atoms with Crippen LogP contribution in [-0.4, -0.2) is 38.7 Å². The Labute approximate surface area is 181 Å². The fourth-order valence-corrected chi connectivity index (χ4v) is 4.35. The van der Waals surface area contributed by atoms with Crippen molar-refractivity contribution < 1.29 is 0 Å². The number of aromatic nitrogens is 3. The van der Waals surface area contributed by atoms with E-state index in [-0.39, 0.29) is 23.7 Å². The molecular weight excluding hydrogens is 402 g/mol. The van der Waals surface area contributed by atoms with Crippen LogP contribution in [0.3, 0.4) is 0 Å². The zero-order valence-corrected chi connectivity index (χ0v) is 18.0. The average Bonchev–Trinajstić information content (AvgIpc) is 3.33. The Morgan fingerprint density at radius 3 is 2.83 bits per heavy atom. The van der Waals surface area contributed by atoms with E-state index in [0.29, 0.717) is 30.1 Å². The number of benzene rings is 1. The number of fused-ring (bicyclic) bond motifs is 1. The van der Waals surface area contributed by atoms with Gasteiger partial charge in [0, 0.05) is 55.5 Å². The number of aryl methyl sites for hydroxylation is 2. The van der Waals surface area contributed by atoms with Crippen LogP contribution >= 0.6 is 12.4 Å². The SMILES string of the molecule is Cc1cn(C)c(=O)n(CCN2CCC(Cc3c[nH]c4cc(C#N)ccc34)C2)c1=O.Cl. The van der Waals surface area contributed by atoms with Crippen molar-refractivity contribution in [2.45, 2.75) is 26.3 Å². The summed E-state index contributed by atoms with van der Waals surface area (Å²) in [5, 5.41) is 10.2. The van der Waals surface area contributed by atoms with Crippen molar-refractivity contribution in [2.75, 3.05) is 19.6 Å². The Kier molecular flexibility index (Phi) is 6.49. The summed E-state index contributed by atoms with van der Waals surface area (Å²) in [6.45, 7) is 4.81. The fraction of sp³-hybridized carbons (Fsp3) is 0.409. The van der Waals surface area contributed by atoms with Crippen molar-refractivity contribution in [3.63, 3.8) is 0 Å². The minimum Gasteiger partial charge on any atom is -0.361 e. The summed E-state index contributed by atoms with van der Waals surface area (Å²) in [7, 11) is 1.68. The second kappa shape index (κ2) is 8.90. The summed E-state index contributed by atoms with van der Waals surface area (Å²) in [4.78, 5) is 30.2. The number of likely N-dealkylation sites (tertiary alicyclic amines) is 1. The number of nitriles is 1. The molecule has 30 heavy (non-hydrogen) atoms. The third-order valence-corrected chi connectivity index (χ3v) is 5.92. The third kappa shape index (κ3) is 4.20. The van der Waals surface area contributed by atoms with Gasteiger partial charge >= 0.3 is 5.69 Å². The Balaban J connectivity index is 0.00000256. The van der Waals surface area contributed by atoms with E-state index in [9.17, 15) is 9.59 Å². The summed E-state index contributed by atoms with van der Waals surface area (Å²) in [5.41, 5.74) is 3.08. The monoisotopic (exact) mass is 427 g/mol. The number of hydrogen-bond donors (Lipinski definition) is 1. The molecule has 4 rings (SSSR count). The summed E-state index contributed by atoms with van der Waals surface area (Å²) >= 11 is 0. The molecule has 1 unspecified atom stereocenters. The highest BCUT2D eigenvalue weighted by Crippen LogP contribution is 2.26. The lowest BCUT2D eigenvalue weighted by Gasteiger charge is -2.17. The van der Waals surface area contributed by atoms with E-state index in [0.717, 1.165) is 31.4 Å². The molecule has 0 amide bonds. The Bertz CT molecular complexity index is 1180. The summed E-state index contributed by atoms with van der Waals surface area (Å²) in [6, 6.07) is 7.95. The lowest BCUT2D eigenvalue weighted by Crippen LogP contribution is -2.42. The molecule has 0 saturated carbocycles. The van der Waals surface area contributed by atoms with Gasteiger partial charge in [-0.2, -0.15) is 5.26 Å². The van der Waals surface area contributed by atoms with Gasteiger partial charge in [-0.05, 0) is 49.9 Å². The second-order valence-corrected chi connectivity index (χ2v) is 8.01. The summed E-state index contributed by atoms with van der Waals surface area (Å²) in [5.74, 6) is 0.543. The molecule has 1 saturated heterocycles. The van der Waals surface area contributed by atoms with Gasteiger partial charge in [0.1, 0.15) is 0 Å². The van der Waals surface area contributed by atoms with Crippen LogP contribution in [0.1, 0.15) is 23.1 Å². The normalized spacial score (nSPS) is 16.5. The smallest absolute Gasteiger partial charge is 0.330 e. The number of hydrogen-bond acceptors (Lipinski definition) is 4. The van der Waals surface area contributed by atoms with Crippen molar-refractivity contribution in [3.05, 3.63) is 68.1 Å². The average molecular weight is 428 g/mol. The van der Waals surface area contributed by atoms with Crippen molar-refractivity contribution >= 4 is 23.3 Å². The van der Waals surface area contributed by atoms with Gasteiger partial charge in [0.2, 0.25) is 0 Å². The van der Waals surface area contributed by atoms with Crippen LogP contribution in [-0.2, 0) is 20.0 Å². The molecule has 0 bridgehead atoms. The van der Waals surface area contributed by atoms with E-state index in [4.69, 9.17) is 5.26 Å². The largest absolute Gasteiger partial charge is 0.361 e. The zero-order valence-electron chi connectivity index (χ0n) is 17.2. The van der Waals surface area contributed by atoms with Gasteiger partial charge in [0.25, 0.3) is 5.56 Å². The molecule has 1 aliphatic rings. The molecule has 1 aromatic carbocycles. The van der Waals surface area contributed by atoms with Crippen LogP contribution in [0.2, 0.25) is 0 Å². The van der Waals surface area contributed by atoms with Crippen LogP contribution in [0.4, 0.5) is 0 Å². The number of H-pyrrole nitrogens is 1. The van der Waals surface area contributed by atoms with Gasteiger partial charge in [-0.3, -0.25) is 9.36 Å². The quantitative estimate of drug-likeness (QED) is 0.676. The minimum absolute atomic E-state index is 0. The van der Waals surface area contributed by atoms with Gasteiger partial charge in [-0.1, -0.05) is 6.07 Å². The molecule has 8 heteroatoms. The van der Waals surface area contributed by atoms with Crippen molar-refractivity contribution in [1.29, 1.82) is 5.26 Å².